The molecule has 4 heterocycles. The van der Waals surface area contributed by atoms with Crippen LogP contribution in [0.15, 0.2) is 71.7 Å². The first-order valence-corrected chi connectivity index (χ1v) is 15.9. The van der Waals surface area contributed by atoms with Crippen LogP contribution in [0.2, 0.25) is 0 Å². The minimum absolute atomic E-state index is 0.0152. The van der Waals surface area contributed by atoms with Gasteiger partial charge in [-0.15, -0.1) is 0 Å². The molecule has 242 valence electrons. The fourth-order valence-corrected chi connectivity index (χ4v) is 5.09. The number of pyridine rings is 2. The highest BCUT2D eigenvalue weighted by Gasteiger charge is 2.32. The zero-order valence-electron chi connectivity index (χ0n) is 26.9. The normalized spacial score (nSPS) is 18.1. The first-order valence-electron chi connectivity index (χ1n) is 15.1. The van der Waals surface area contributed by atoms with Gasteiger partial charge >= 0.3 is 12.2 Å². The summed E-state index contributed by atoms with van der Waals surface area (Å²) in [6.07, 6.45) is 7.87. The van der Waals surface area contributed by atoms with E-state index in [2.05, 4.69) is 25.9 Å². The van der Waals surface area contributed by atoms with Gasteiger partial charge < -0.3 is 28.7 Å². The lowest BCUT2D eigenvalue weighted by molar-refractivity contribution is 0.0266. The smallest absolute Gasteiger partial charge is 0.410 e. The van der Waals surface area contributed by atoms with E-state index >= 15 is 0 Å². The third-order valence-corrected chi connectivity index (χ3v) is 7.13. The number of hydrogen-bond acceptors (Lipinski definition) is 8. The molecule has 0 saturated carbocycles. The van der Waals surface area contributed by atoms with Crippen LogP contribution in [0.1, 0.15) is 54.4 Å². The van der Waals surface area contributed by atoms with Gasteiger partial charge in [0.1, 0.15) is 34.9 Å². The molecule has 10 nitrogen and oxygen atoms in total. The van der Waals surface area contributed by atoms with Crippen LogP contribution >= 0.6 is 15.9 Å². The second-order valence-corrected chi connectivity index (χ2v) is 13.9. The van der Waals surface area contributed by atoms with Crippen molar-refractivity contribution in [3.8, 4) is 22.6 Å². The number of amides is 2. The molecule has 2 aromatic heterocycles. The molecule has 5 rings (SSSR count). The molecule has 2 aliphatic heterocycles. The van der Waals surface area contributed by atoms with Crippen molar-refractivity contribution in [2.75, 3.05) is 26.2 Å². The Morgan fingerprint density at radius 2 is 1.20 bits per heavy atom. The van der Waals surface area contributed by atoms with E-state index in [4.69, 9.17) is 18.9 Å². The van der Waals surface area contributed by atoms with Crippen molar-refractivity contribution in [3.63, 3.8) is 0 Å². The van der Waals surface area contributed by atoms with Crippen LogP contribution in [0.5, 0.6) is 11.5 Å². The van der Waals surface area contributed by atoms with Crippen molar-refractivity contribution < 1.29 is 28.5 Å². The van der Waals surface area contributed by atoms with Crippen molar-refractivity contribution >= 4 is 28.1 Å². The number of hydrogen-bond donors (Lipinski definition) is 0. The van der Waals surface area contributed by atoms with Gasteiger partial charge in [0.05, 0.1) is 25.5 Å². The second kappa shape index (κ2) is 14.9. The van der Waals surface area contributed by atoms with Crippen molar-refractivity contribution in [1.29, 1.82) is 0 Å². The number of carbonyl (C=O) groups excluding carboxylic acids is 2. The minimum Gasteiger partial charge on any atom is -0.487 e. The molecule has 0 aliphatic carbocycles. The van der Waals surface area contributed by atoms with Crippen LogP contribution in [0.3, 0.4) is 0 Å². The van der Waals surface area contributed by atoms with Crippen LogP contribution in [0.25, 0.3) is 11.1 Å². The minimum atomic E-state index is -0.482. The maximum absolute atomic E-state index is 12.1. The summed E-state index contributed by atoms with van der Waals surface area (Å²) in [6.45, 7) is 13.6. The summed E-state index contributed by atoms with van der Waals surface area (Å²) >= 11 is 3.35. The van der Waals surface area contributed by atoms with E-state index in [0.717, 1.165) is 34.2 Å². The maximum Gasteiger partial charge on any atom is 0.410 e. The number of benzene rings is 1. The summed E-state index contributed by atoms with van der Waals surface area (Å²) in [4.78, 5) is 35.8. The number of nitrogens with zero attached hydrogens (tertiary/aromatic N) is 4. The fraction of sp³-hybridized carbons (Fsp3) is 0.471. The van der Waals surface area contributed by atoms with E-state index in [1.165, 1.54) is 0 Å². The van der Waals surface area contributed by atoms with E-state index in [0.29, 0.717) is 31.9 Å². The summed E-state index contributed by atoms with van der Waals surface area (Å²) in [5.74, 6) is 1.42. The molecule has 2 fully saturated rings. The van der Waals surface area contributed by atoms with Gasteiger partial charge in [-0.2, -0.15) is 0 Å². The van der Waals surface area contributed by atoms with Gasteiger partial charge in [-0.25, -0.2) is 9.59 Å². The molecule has 2 amide bonds. The molecule has 11 heteroatoms. The zero-order chi connectivity index (χ0) is 32.6. The average Bonchev–Trinajstić information content (AvgIpc) is 3.63. The lowest BCUT2D eigenvalue weighted by Gasteiger charge is -2.24. The molecule has 45 heavy (non-hydrogen) atoms. The molecule has 0 N–H and O–H groups in total. The highest BCUT2D eigenvalue weighted by atomic mass is 79.9. The Bertz CT molecular complexity index is 1430. The summed E-state index contributed by atoms with van der Waals surface area (Å²) in [7, 11) is 0. The van der Waals surface area contributed by atoms with E-state index in [1.807, 2.05) is 90.2 Å². The van der Waals surface area contributed by atoms with E-state index in [-0.39, 0.29) is 24.4 Å². The zero-order valence-corrected chi connectivity index (χ0v) is 28.5. The topological polar surface area (TPSA) is 103 Å². The largest absolute Gasteiger partial charge is 0.487 e. The van der Waals surface area contributed by atoms with Crippen molar-refractivity contribution in [3.05, 3.63) is 71.7 Å². The number of carbonyl (C=O) groups is 2. The standard InChI is InChI=1S/C20H24N2O3.C14H19BrN2O3/c1-20(2,3)25-19(23)22-10-9-17(14-22)24-18-11-16(12-21-13-18)15-7-5-4-6-8-15;1-14(2,3)20-13(18)17-5-4-11(9-17)19-12-6-10(15)7-16-8-12/h4-8,11-13,17H,9-10,14H2,1-3H3;6-8,11H,4-5,9H2,1-3H3/t17-;11-/m00/s1. The van der Waals surface area contributed by atoms with Crippen LogP contribution in [-0.4, -0.2) is 81.5 Å². The molecule has 0 bridgehead atoms. The van der Waals surface area contributed by atoms with Crippen LogP contribution in [0, 0.1) is 0 Å². The highest BCUT2D eigenvalue weighted by molar-refractivity contribution is 9.10. The second-order valence-electron chi connectivity index (χ2n) is 13.0. The van der Waals surface area contributed by atoms with Crippen LogP contribution in [-0.2, 0) is 9.47 Å². The van der Waals surface area contributed by atoms with Gasteiger partial charge in [0, 0.05) is 48.4 Å². The predicted octanol–water partition coefficient (Wildman–Crippen LogP) is 7.37. The first-order chi connectivity index (χ1) is 21.2. The Hall–Kier alpha value is -3.86. The molecule has 0 unspecified atom stereocenters. The van der Waals surface area contributed by atoms with Crippen LogP contribution in [0.4, 0.5) is 9.59 Å². The van der Waals surface area contributed by atoms with Gasteiger partial charge in [-0.3, -0.25) is 9.97 Å². The Balaban J connectivity index is 0.000000210. The Kier molecular flexibility index (Phi) is 11.3. The molecule has 1 aromatic carbocycles. The molecule has 0 radical (unpaired) electrons. The third-order valence-electron chi connectivity index (χ3n) is 6.70. The Morgan fingerprint density at radius 3 is 1.69 bits per heavy atom. The monoisotopic (exact) mass is 682 g/mol. The SMILES string of the molecule is CC(C)(C)OC(=O)N1CC[C@H](Oc2cncc(-c3ccccc3)c2)C1.CC(C)(C)OC(=O)N1CC[C@H](Oc2cncc(Br)c2)C1. The summed E-state index contributed by atoms with van der Waals surface area (Å²) in [5.41, 5.74) is 1.16. The van der Waals surface area contributed by atoms with Gasteiger partial charge in [0.25, 0.3) is 0 Å². The highest BCUT2D eigenvalue weighted by Crippen LogP contribution is 2.26. The number of aromatic nitrogens is 2. The first kappa shape index (κ1) is 34.0. The fourth-order valence-electron chi connectivity index (χ4n) is 4.75. The van der Waals surface area contributed by atoms with Crippen molar-refractivity contribution in [2.45, 2.75) is 77.8 Å². The number of halogens is 1. The Morgan fingerprint density at radius 1 is 0.711 bits per heavy atom. The predicted molar refractivity (Wildman–Crippen MR) is 175 cm³/mol. The number of rotatable bonds is 5. The molecule has 2 saturated heterocycles. The van der Waals surface area contributed by atoms with Crippen LogP contribution < -0.4 is 9.47 Å². The molecular formula is C34H43BrN4O6. The van der Waals surface area contributed by atoms with E-state index < -0.39 is 11.2 Å². The van der Waals surface area contributed by atoms with Gasteiger partial charge in [-0.05, 0) is 75.2 Å². The molecule has 0 spiro atoms. The molecule has 3 aromatic rings. The van der Waals surface area contributed by atoms with Gasteiger partial charge in [-0.1, -0.05) is 30.3 Å². The number of likely N-dealkylation sites (tertiary alicyclic amines) is 2. The molecular weight excluding hydrogens is 640 g/mol. The maximum atomic E-state index is 12.1. The number of ether oxygens (including phenoxy) is 4. The van der Waals surface area contributed by atoms with E-state index in [9.17, 15) is 9.59 Å². The van der Waals surface area contributed by atoms with Gasteiger partial charge in [0.2, 0.25) is 0 Å². The van der Waals surface area contributed by atoms with Crippen molar-refractivity contribution in [2.24, 2.45) is 0 Å². The van der Waals surface area contributed by atoms with E-state index in [1.54, 1.807) is 28.4 Å². The summed E-state index contributed by atoms with van der Waals surface area (Å²) in [6, 6.07) is 13.9. The molecule has 2 aliphatic rings. The summed E-state index contributed by atoms with van der Waals surface area (Å²) < 4.78 is 23.5. The molecule has 2 atom stereocenters. The lowest BCUT2D eigenvalue weighted by atomic mass is 10.1. The van der Waals surface area contributed by atoms with Crippen molar-refractivity contribution in [1.82, 2.24) is 19.8 Å². The quantitative estimate of drug-likeness (QED) is 0.275. The lowest BCUT2D eigenvalue weighted by Crippen LogP contribution is -2.36. The summed E-state index contributed by atoms with van der Waals surface area (Å²) in [5, 5.41) is 0. The Labute approximate surface area is 274 Å². The van der Waals surface area contributed by atoms with Gasteiger partial charge in [0.15, 0.2) is 0 Å². The average molecular weight is 684 g/mol. The third kappa shape index (κ3) is 11.2.